The van der Waals surface area contributed by atoms with Gasteiger partial charge in [-0.05, 0) is 72.4 Å². The number of pyridine rings is 1. The molecule has 192 valence electrons. The van der Waals surface area contributed by atoms with Gasteiger partial charge in [-0.2, -0.15) is 5.26 Å². The zero-order valence-electron chi connectivity index (χ0n) is 22.6. The van der Waals surface area contributed by atoms with Crippen LogP contribution in [-0.2, 0) is 0 Å². The van der Waals surface area contributed by atoms with Crippen LogP contribution in [0.1, 0.15) is 5.56 Å². The van der Waals surface area contributed by atoms with Gasteiger partial charge in [-0.25, -0.2) is 4.98 Å². The smallest absolute Gasteiger partial charge is 0.0991 e. The third-order valence-corrected chi connectivity index (χ3v) is 8.81. The Morgan fingerprint density at radius 2 is 1.10 bits per heavy atom. The highest BCUT2D eigenvalue weighted by Gasteiger charge is 2.16. The summed E-state index contributed by atoms with van der Waals surface area (Å²) in [5.41, 5.74) is 5.90. The van der Waals surface area contributed by atoms with Gasteiger partial charge in [0.15, 0.2) is 0 Å². The molecule has 0 fully saturated rings. The number of benzene rings is 8. The first kappa shape index (κ1) is 23.0. The molecule has 0 unspecified atom stereocenters. The number of rotatable bonds is 2. The average Bonchev–Trinajstić information content (AvgIpc) is 3.06. The van der Waals surface area contributed by atoms with E-state index >= 15 is 0 Å². The number of nitrogens with zero attached hydrogens (tertiary/aromatic N) is 2. The molecule has 0 aliphatic heterocycles. The van der Waals surface area contributed by atoms with Gasteiger partial charge in [-0.1, -0.05) is 115 Å². The third-order valence-electron chi connectivity index (χ3n) is 8.81. The molecule has 0 bridgehead atoms. The number of nitriles is 1. The average molecular weight is 531 g/mol. The van der Waals surface area contributed by atoms with Crippen molar-refractivity contribution in [3.63, 3.8) is 0 Å². The second-order valence-electron chi connectivity index (χ2n) is 11.1. The molecule has 0 amide bonds. The molecule has 0 spiro atoms. The monoisotopic (exact) mass is 530 g/mol. The van der Waals surface area contributed by atoms with Crippen LogP contribution in [0.4, 0.5) is 0 Å². The Balaban J connectivity index is 1.36. The fourth-order valence-corrected chi connectivity index (χ4v) is 6.85. The molecule has 0 saturated carbocycles. The van der Waals surface area contributed by atoms with E-state index in [2.05, 4.69) is 115 Å². The van der Waals surface area contributed by atoms with Crippen LogP contribution in [0.15, 0.2) is 133 Å². The summed E-state index contributed by atoms with van der Waals surface area (Å²) in [4.78, 5) is 5.30. The number of hydrogen-bond donors (Lipinski definition) is 0. The summed E-state index contributed by atoms with van der Waals surface area (Å²) in [6.45, 7) is 0. The van der Waals surface area contributed by atoms with Gasteiger partial charge in [0.1, 0.15) is 0 Å². The largest absolute Gasteiger partial charge is 0.247 e. The maximum absolute atomic E-state index is 9.37. The Labute approximate surface area is 242 Å². The second-order valence-corrected chi connectivity index (χ2v) is 11.1. The minimum absolute atomic E-state index is 0.644. The van der Waals surface area contributed by atoms with Crippen molar-refractivity contribution < 1.29 is 0 Å². The standard InChI is InChI=1S/C40H22N2/c41-23-24-8-10-29(11-9-24)40-35-21-14-25-4-1-2-7-32(25)39(35)34-20-17-30(22-36(34)42-40)31-18-15-28-13-12-26-5-3-6-27-16-19-33(31)38(28)37(26)27/h1-22H. The highest BCUT2D eigenvalue weighted by atomic mass is 14.7. The van der Waals surface area contributed by atoms with Gasteiger partial charge in [-0.3, -0.25) is 0 Å². The van der Waals surface area contributed by atoms with Crippen LogP contribution in [0.3, 0.4) is 0 Å². The summed E-state index contributed by atoms with van der Waals surface area (Å²) in [6, 6.07) is 49.7. The Kier molecular flexibility index (Phi) is 4.71. The van der Waals surface area contributed by atoms with Crippen molar-refractivity contribution in [1.29, 1.82) is 5.26 Å². The van der Waals surface area contributed by atoms with E-state index in [1.165, 1.54) is 54.0 Å². The predicted octanol–water partition coefficient (Wildman–Crippen LogP) is 10.6. The molecule has 0 saturated heterocycles. The van der Waals surface area contributed by atoms with Crippen LogP contribution in [-0.4, -0.2) is 4.98 Å². The van der Waals surface area contributed by atoms with Gasteiger partial charge >= 0.3 is 0 Å². The molecule has 1 heterocycles. The van der Waals surface area contributed by atoms with Crippen LogP contribution < -0.4 is 0 Å². The molecule has 0 radical (unpaired) electrons. The van der Waals surface area contributed by atoms with Crippen molar-refractivity contribution in [3.05, 3.63) is 139 Å². The fraction of sp³-hybridized carbons (Fsp3) is 0. The van der Waals surface area contributed by atoms with E-state index in [9.17, 15) is 5.26 Å². The second kappa shape index (κ2) is 8.61. The molecular formula is C40H22N2. The van der Waals surface area contributed by atoms with Crippen molar-refractivity contribution in [2.45, 2.75) is 0 Å². The molecule has 0 aliphatic rings. The molecule has 9 aromatic rings. The van der Waals surface area contributed by atoms with Gasteiger partial charge in [0, 0.05) is 21.7 Å². The minimum atomic E-state index is 0.644. The van der Waals surface area contributed by atoms with Gasteiger partial charge in [0.25, 0.3) is 0 Å². The van der Waals surface area contributed by atoms with Crippen LogP contribution in [0.5, 0.6) is 0 Å². The molecule has 8 aromatic carbocycles. The first-order valence-electron chi connectivity index (χ1n) is 14.2. The molecular weight excluding hydrogens is 508 g/mol. The first-order valence-corrected chi connectivity index (χ1v) is 14.2. The lowest BCUT2D eigenvalue weighted by atomic mass is 9.89. The fourth-order valence-electron chi connectivity index (χ4n) is 6.85. The van der Waals surface area contributed by atoms with E-state index in [-0.39, 0.29) is 0 Å². The van der Waals surface area contributed by atoms with Gasteiger partial charge in [0.05, 0.1) is 22.8 Å². The van der Waals surface area contributed by atoms with Gasteiger partial charge in [0.2, 0.25) is 0 Å². The van der Waals surface area contributed by atoms with Gasteiger partial charge in [-0.15, -0.1) is 0 Å². The summed E-state index contributed by atoms with van der Waals surface area (Å²) in [7, 11) is 0. The summed E-state index contributed by atoms with van der Waals surface area (Å²) in [5.74, 6) is 0. The maximum atomic E-state index is 9.37. The van der Waals surface area contributed by atoms with Crippen molar-refractivity contribution in [2.75, 3.05) is 0 Å². The Bertz CT molecular complexity index is 2550. The van der Waals surface area contributed by atoms with Crippen molar-refractivity contribution in [3.8, 4) is 28.5 Å². The summed E-state index contributed by atoms with van der Waals surface area (Å²) in [5, 5.41) is 23.0. The highest BCUT2D eigenvalue weighted by Crippen LogP contribution is 2.42. The Morgan fingerprint density at radius 1 is 0.452 bits per heavy atom. The molecule has 9 rings (SSSR count). The third kappa shape index (κ3) is 3.22. The van der Waals surface area contributed by atoms with E-state index in [1.807, 2.05) is 24.3 Å². The highest BCUT2D eigenvalue weighted by molar-refractivity contribution is 6.26. The van der Waals surface area contributed by atoms with E-state index < -0.39 is 0 Å². The molecule has 1 aromatic heterocycles. The quantitative estimate of drug-likeness (QED) is 0.208. The molecule has 2 nitrogen and oxygen atoms in total. The number of hydrogen-bond acceptors (Lipinski definition) is 2. The molecule has 0 aliphatic carbocycles. The topological polar surface area (TPSA) is 36.7 Å². The van der Waals surface area contributed by atoms with E-state index in [1.54, 1.807) is 0 Å². The minimum Gasteiger partial charge on any atom is -0.247 e. The molecule has 2 heteroatoms. The lowest BCUT2D eigenvalue weighted by Gasteiger charge is -2.16. The first-order chi connectivity index (χ1) is 20.8. The van der Waals surface area contributed by atoms with E-state index in [0.29, 0.717) is 5.56 Å². The predicted molar refractivity (Wildman–Crippen MR) is 176 cm³/mol. The number of aromatic nitrogens is 1. The van der Waals surface area contributed by atoms with Crippen LogP contribution in [0.2, 0.25) is 0 Å². The summed E-state index contributed by atoms with van der Waals surface area (Å²) >= 11 is 0. The van der Waals surface area contributed by atoms with Crippen LogP contribution in [0.25, 0.3) is 87.1 Å². The molecule has 42 heavy (non-hydrogen) atoms. The summed E-state index contributed by atoms with van der Waals surface area (Å²) in [6.07, 6.45) is 0. The SMILES string of the molecule is N#Cc1ccc(-c2nc3cc(-c4ccc5ccc6cccc7ccc4c5c67)ccc3c3c2ccc2ccccc23)cc1. The van der Waals surface area contributed by atoms with Crippen molar-refractivity contribution in [1.82, 2.24) is 4.98 Å². The Hall–Kier alpha value is -5.78. The zero-order chi connectivity index (χ0) is 27.8. The van der Waals surface area contributed by atoms with E-state index in [0.717, 1.165) is 33.1 Å². The van der Waals surface area contributed by atoms with Crippen molar-refractivity contribution in [2.24, 2.45) is 0 Å². The molecule has 0 atom stereocenters. The maximum Gasteiger partial charge on any atom is 0.0991 e. The number of fused-ring (bicyclic) bond motifs is 5. The lowest BCUT2D eigenvalue weighted by molar-refractivity contribution is 1.42. The van der Waals surface area contributed by atoms with Gasteiger partial charge < -0.3 is 0 Å². The lowest BCUT2D eigenvalue weighted by Crippen LogP contribution is -1.92. The van der Waals surface area contributed by atoms with Crippen LogP contribution >= 0.6 is 0 Å². The Morgan fingerprint density at radius 3 is 1.93 bits per heavy atom. The van der Waals surface area contributed by atoms with Crippen LogP contribution in [0, 0.1) is 11.3 Å². The normalized spacial score (nSPS) is 11.8. The van der Waals surface area contributed by atoms with Crippen molar-refractivity contribution >= 4 is 64.8 Å². The molecule has 0 N–H and O–H groups in total. The van der Waals surface area contributed by atoms with E-state index in [4.69, 9.17) is 4.98 Å². The summed E-state index contributed by atoms with van der Waals surface area (Å²) < 4.78 is 0. The zero-order valence-corrected chi connectivity index (χ0v) is 22.6.